The third kappa shape index (κ3) is 1.80. The lowest BCUT2D eigenvalue weighted by Gasteiger charge is -2.51. The molecule has 2 aliphatic rings. The zero-order valence-electron chi connectivity index (χ0n) is 12.7. The number of fused-ring (bicyclic) bond motifs is 5. The van der Waals surface area contributed by atoms with Crippen molar-refractivity contribution < 1.29 is 5.11 Å². The van der Waals surface area contributed by atoms with Gasteiger partial charge in [-0.05, 0) is 43.9 Å². The number of piperidine rings is 1. The molecule has 2 aromatic rings. The summed E-state index contributed by atoms with van der Waals surface area (Å²) in [5.41, 5.74) is 4.13. The number of H-pyrrole nitrogens is 1. The van der Waals surface area contributed by atoms with Crippen LogP contribution in [0.4, 0.5) is 0 Å². The average molecular weight is 284 g/mol. The van der Waals surface area contributed by atoms with Crippen molar-refractivity contribution in [2.75, 3.05) is 19.7 Å². The minimum atomic E-state index is 0.0221. The molecule has 0 aliphatic carbocycles. The van der Waals surface area contributed by atoms with E-state index in [1.807, 2.05) is 0 Å². The van der Waals surface area contributed by atoms with Gasteiger partial charge in [0.2, 0.25) is 0 Å². The van der Waals surface area contributed by atoms with E-state index in [1.165, 1.54) is 35.1 Å². The Hall–Kier alpha value is -1.32. The van der Waals surface area contributed by atoms with E-state index >= 15 is 0 Å². The number of aromatic nitrogens is 1. The minimum absolute atomic E-state index is 0.0221. The SMILES string of the molecule is CCC1(CO)CCCN2CCc3c([nH]c4ccccc34)C21. The molecule has 2 atom stereocenters. The van der Waals surface area contributed by atoms with Gasteiger partial charge in [-0.2, -0.15) is 0 Å². The predicted molar refractivity (Wildman–Crippen MR) is 85.4 cm³/mol. The van der Waals surface area contributed by atoms with Gasteiger partial charge in [-0.15, -0.1) is 0 Å². The first-order valence-corrected chi connectivity index (χ1v) is 8.23. The van der Waals surface area contributed by atoms with E-state index in [0.29, 0.717) is 12.6 Å². The summed E-state index contributed by atoms with van der Waals surface area (Å²) in [6.45, 7) is 4.82. The van der Waals surface area contributed by atoms with Crippen LogP contribution in [0.25, 0.3) is 10.9 Å². The minimum Gasteiger partial charge on any atom is -0.396 e. The number of hydrogen-bond acceptors (Lipinski definition) is 2. The summed E-state index contributed by atoms with van der Waals surface area (Å²) >= 11 is 0. The van der Waals surface area contributed by atoms with E-state index in [9.17, 15) is 5.11 Å². The van der Waals surface area contributed by atoms with Crippen LogP contribution in [0.3, 0.4) is 0 Å². The van der Waals surface area contributed by atoms with E-state index in [-0.39, 0.29) is 5.41 Å². The first-order chi connectivity index (χ1) is 10.3. The van der Waals surface area contributed by atoms with Gasteiger partial charge < -0.3 is 10.1 Å². The Kier molecular flexibility index (Phi) is 3.09. The van der Waals surface area contributed by atoms with Gasteiger partial charge in [-0.25, -0.2) is 0 Å². The summed E-state index contributed by atoms with van der Waals surface area (Å²) in [6.07, 6.45) is 4.51. The van der Waals surface area contributed by atoms with E-state index in [0.717, 1.165) is 25.8 Å². The number of aliphatic hydroxyl groups is 1. The van der Waals surface area contributed by atoms with Crippen LogP contribution in [0.2, 0.25) is 0 Å². The van der Waals surface area contributed by atoms with Gasteiger partial charge in [-0.3, -0.25) is 4.90 Å². The number of nitrogens with zero attached hydrogens (tertiary/aromatic N) is 1. The molecule has 1 aromatic heterocycles. The van der Waals surface area contributed by atoms with Gasteiger partial charge in [0.1, 0.15) is 0 Å². The smallest absolute Gasteiger partial charge is 0.0580 e. The summed E-state index contributed by atoms with van der Waals surface area (Å²) in [5.74, 6) is 0. The Labute approximate surface area is 126 Å². The topological polar surface area (TPSA) is 39.3 Å². The first kappa shape index (κ1) is 13.4. The molecule has 2 aliphatic heterocycles. The highest BCUT2D eigenvalue weighted by Crippen LogP contribution is 2.51. The summed E-state index contributed by atoms with van der Waals surface area (Å²) in [7, 11) is 0. The molecule has 1 aromatic carbocycles. The van der Waals surface area contributed by atoms with Crippen LogP contribution in [0, 0.1) is 5.41 Å². The maximum Gasteiger partial charge on any atom is 0.0580 e. The highest BCUT2D eigenvalue weighted by molar-refractivity contribution is 5.85. The van der Waals surface area contributed by atoms with Gasteiger partial charge >= 0.3 is 0 Å². The molecular weight excluding hydrogens is 260 g/mol. The maximum absolute atomic E-state index is 10.1. The summed E-state index contributed by atoms with van der Waals surface area (Å²) in [5, 5.41) is 11.5. The molecule has 0 spiro atoms. The lowest BCUT2D eigenvalue weighted by atomic mass is 9.68. The number of hydrogen-bond donors (Lipinski definition) is 2. The lowest BCUT2D eigenvalue weighted by Crippen LogP contribution is -2.50. The van der Waals surface area contributed by atoms with Crippen molar-refractivity contribution in [3.8, 4) is 0 Å². The Morgan fingerprint density at radius 3 is 3.00 bits per heavy atom. The van der Waals surface area contributed by atoms with Gasteiger partial charge in [0.05, 0.1) is 12.6 Å². The zero-order chi connectivity index (χ0) is 14.4. The highest BCUT2D eigenvalue weighted by atomic mass is 16.3. The quantitative estimate of drug-likeness (QED) is 0.888. The predicted octanol–water partition coefficient (Wildman–Crippen LogP) is 3.25. The van der Waals surface area contributed by atoms with Crippen molar-refractivity contribution in [1.29, 1.82) is 0 Å². The number of aliphatic hydroxyl groups excluding tert-OH is 1. The molecule has 3 heteroatoms. The summed E-state index contributed by atoms with van der Waals surface area (Å²) in [4.78, 5) is 6.28. The van der Waals surface area contributed by atoms with Crippen LogP contribution in [0.5, 0.6) is 0 Å². The Bertz CT molecular complexity index is 656. The van der Waals surface area contributed by atoms with E-state index < -0.39 is 0 Å². The number of benzene rings is 1. The Balaban J connectivity index is 1.91. The molecule has 112 valence electrons. The monoisotopic (exact) mass is 284 g/mol. The summed E-state index contributed by atoms with van der Waals surface area (Å²) < 4.78 is 0. The zero-order valence-corrected chi connectivity index (χ0v) is 12.7. The second-order valence-corrected chi connectivity index (χ2v) is 6.73. The highest BCUT2D eigenvalue weighted by Gasteiger charge is 2.47. The van der Waals surface area contributed by atoms with Gasteiger partial charge in [0, 0.05) is 28.6 Å². The molecule has 2 N–H and O–H groups in total. The van der Waals surface area contributed by atoms with Crippen LogP contribution in [0.15, 0.2) is 24.3 Å². The van der Waals surface area contributed by atoms with Crippen LogP contribution >= 0.6 is 0 Å². The molecule has 4 rings (SSSR count). The number of aromatic amines is 1. The van der Waals surface area contributed by atoms with Crippen molar-refractivity contribution in [3.63, 3.8) is 0 Å². The Morgan fingerprint density at radius 1 is 1.33 bits per heavy atom. The first-order valence-electron chi connectivity index (χ1n) is 8.23. The molecule has 0 radical (unpaired) electrons. The van der Waals surface area contributed by atoms with Crippen LogP contribution < -0.4 is 0 Å². The van der Waals surface area contributed by atoms with Gasteiger partial charge in [0.25, 0.3) is 0 Å². The second-order valence-electron chi connectivity index (χ2n) is 6.73. The van der Waals surface area contributed by atoms with Gasteiger partial charge in [-0.1, -0.05) is 25.1 Å². The molecule has 0 amide bonds. The van der Waals surface area contributed by atoms with Crippen molar-refractivity contribution in [3.05, 3.63) is 35.5 Å². The number of rotatable bonds is 2. The molecule has 3 heterocycles. The molecule has 2 unspecified atom stereocenters. The van der Waals surface area contributed by atoms with Crippen molar-refractivity contribution in [1.82, 2.24) is 9.88 Å². The van der Waals surface area contributed by atoms with Crippen LogP contribution in [0.1, 0.15) is 43.5 Å². The van der Waals surface area contributed by atoms with E-state index in [2.05, 4.69) is 41.1 Å². The van der Waals surface area contributed by atoms with E-state index in [1.54, 1.807) is 0 Å². The van der Waals surface area contributed by atoms with Gasteiger partial charge in [0.15, 0.2) is 0 Å². The fourth-order valence-electron chi connectivity index (χ4n) is 4.64. The molecule has 0 bridgehead atoms. The van der Waals surface area contributed by atoms with Crippen molar-refractivity contribution in [2.45, 2.75) is 38.6 Å². The second kappa shape index (κ2) is 4.85. The lowest BCUT2D eigenvalue weighted by molar-refractivity contribution is -0.0379. The third-order valence-corrected chi connectivity index (χ3v) is 5.85. The van der Waals surface area contributed by atoms with Crippen molar-refractivity contribution >= 4 is 10.9 Å². The molecular formula is C18H24N2O. The number of para-hydroxylation sites is 1. The number of nitrogens with one attached hydrogen (secondary N) is 1. The molecule has 21 heavy (non-hydrogen) atoms. The third-order valence-electron chi connectivity index (χ3n) is 5.85. The van der Waals surface area contributed by atoms with Crippen LogP contribution in [-0.2, 0) is 6.42 Å². The fourth-order valence-corrected chi connectivity index (χ4v) is 4.64. The molecule has 1 saturated heterocycles. The summed E-state index contributed by atoms with van der Waals surface area (Å²) in [6, 6.07) is 8.99. The standard InChI is InChI=1S/C18H24N2O/c1-2-18(12-21)9-5-10-20-11-8-14-13-6-3-4-7-15(13)19-16(14)17(18)20/h3-4,6-7,17,19,21H,2,5,8-12H2,1H3. The maximum atomic E-state index is 10.1. The van der Waals surface area contributed by atoms with Crippen LogP contribution in [-0.4, -0.2) is 34.7 Å². The van der Waals surface area contributed by atoms with Crippen molar-refractivity contribution in [2.24, 2.45) is 5.41 Å². The molecule has 3 nitrogen and oxygen atoms in total. The molecule has 0 saturated carbocycles. The Morgan fingerprint density at radius 2 is 2.19 bits per heavy atom. The van der Waals surface area contributed by atoms with E-state index in [4.69, 9.17) is 0 Å². The average Bonchev–Trinajstić information content (AvgIpc) is 2.92. The normalized spacial score (nSPS) is 29.3. The molecule has 1 fully saturated rings. The fraction of sp³-hybridized carbons (Fsp3) is 0.556. The largest absolute Gasteiger partial charge is 0.396 e.